The number of rotatable bonds is 4. The van der Waals surface area contributed by atoms with Gasteiger partial charge in [0.05, 0.1) is 0 Å². The maximum absolute atomic E-state index is 13.9. The first kappa shape index (κ1) is 17.2. The summed E-state index contributed by atoms with van der Waals surface area (Å²) in [5.41, 5.74) is 0.502. The van der Waals surface area contributed by atoms with Crippen molar-refractivity contribution in [3.8, 4) is 5.75 Å². The van der Waals surface area contributed by atoms with Crippen molar-refractivity contribution in [2.45, 2.75) is 51.1 Å². The number of benzene rings is 1. The van der Waals surface area contributed by atoms with E-state index in [2.05, 4.69) is 4.74 Å². The van der Waals surface area contributed by atoms with E-state index in [1.807, 2.05) is 0 Å². The van der Waals surface area contributed by atoms with Crippen LogP contribution in [0.4, 0.5) is 17.6 Å². The molecule has 132 valence electrons. The summed E-state index contributed by atoms with van der Waals surface area (Å²) in [6, 6.07) is 2.23. The van der Waals surface area contributed by atoms with Crippen LogP contribution in [-0.2, 0) is 4.79 Å². The Balaban J connectivity index is 1.73. The number of fused-ring (bicyclic) bond motifs is 1. The van der Waals surface area contributed by atoms with Crippen LogP contribution in [0, 0.1) is 29.4 Å². The monoisotopic (exact) mass is 344 g/mol. The Kier molecular flexibility index (Phi) is 5.11. The van der Waals surface area contributed by atoms with Gasteiger partial charge in [-0.2, -0.15) is 8.78 Å². The van der Waals surface area contributed by atoms with Crippen LogP contribution >= 0.6 is 0 Å². The maximum Gasteiger partial charge on any atom is 0.387 e. The molecule has 1 aromatic carbocycles. The highest BCUT2D eigenvalue weighted by atomic mass is 19.3. The first-order valence-corrected chi connectivity index (χ1v) is 8.37. The summed E-state index contributed by atoms with van der Waals surface area (Å²) in [5, 5.41) is 0. The Hall–Kier alpha value is -1.59. The predicted molar refractivity (Wildman–Crippen MR) is 80.0 cm³/mol. The Morgan fingerprint density at radius 2 is 1.62 bits per heavy atom. The lowest BCUT2D eigenvalue weighted by Gasteiger charge is -2.41. The lowest BCUT2D eigenvalue weighted by Crippen LogP contribution is -2.31. The second-order valence-corrected chi connectivity index (χ2v) is 6.93. The molecule has 0 N–H and O–H groups in total. The third-order valence-electron chi connectivity index (χ3n) is 5.55. The van der Waals surface area contributed by atoms with E-state index in [9.17, 15) is 22.4 Å². The van der Waals surface area contributed by atoms with Gasteiger partial charge in [-0.05, 0) is 74.0 Å². The van der Waals surface area contributed by atoms with Gasteiger partial charge in [-0.1, -0.05) is 0 Å². The van der Waals surface area contributed by atoms with Gasteiger partial charge in [0.2, 0.25) is 0 Å². The highest BCUT2D eigenvalue weighted by Crippen LogP contribution is 2.47. The molecule has 4 atom stereocenters. The standard InChI is InChI=1S/C18H20F4O2/c19-15-7-14(8-16(20)17(15)24-18(21)22)13-4-3-11-5-10(9-23)1-2-12(11)6-13/h7-13,18H,1-6H2. The van der Waals surface area contributed by atoms with Gasteiger partial charge in [-0.15, -0.1) is 0 Å². The van der Waals surface area contributed by atoms with Crippen molar-refractivity contribution in [3.63, 3.8) is 0 Å². The lowest BCUT2D eigenvalue weighted by atomic mass is 9.64. The molecule has 0 amide bonds. The molecular formula is C18H20F4O2. The Labute approximate surface area is 138 Å². The average Bonchev–Trinajstić information content (AvgIpc) is 2.56. The van der Waals surface area contributed by atoms with Crippen LogP contribution in [0.3, 0.4) is 0 Å². The Morgan fingerprint density at radius 3 is 2.25 bits per heavy atom. The minimum Gasteiger partial charge on any atom is -0.429 e. The number of alkyl halides is 2. The molecule has 2 aliphatic carbocycles. The minimum atomic E-state index is -3.26. The molecule has 1 aromatic rings. The highest BCUT2D eigenvalue weighted by molar-refractivity contribution is 5.53. The lowest BCUT2D eigenvalue weighted by molar-refractivity contribution is -0.113. The molecule has 4 unspecified atom stereocenters. The Morgan fingerprint density at radius 1 is 1.00 bits per heavy atom. The van der Waals surface area contributed by atoms with Crippen molar-refractivity contribution in [1.82, 2.24) is 0 Å². The second-order valence-electron chi connectivity index (χ2n) is 6.93. The summed E-state index contributed by atoms with van der Waals surface area (Å²) in [6.45, 7) is -3.26. The number of aldehydes is 1. The molecule has 0 saturated heterocycles. The van der Waals surface area contributed by atoms with Gasteiger partial charge in [0.15, 0.2) is 17.4 Å². The van der Waals surface area contributed by atoms with Gasteiger partial charge in [0.1, 0.15) is 6.29 Å². The van der Waals surface area contributed by atoms with Crippen LogP contribution in [0.1, 0.15) is 50.0 Å². The predicted octanol–water partition coefficient (Wildman–Crippen LogP) is 5.07. The van der Waals surface area contributed by atoms with Gasteiger partial charge in [0.25, 0.3) is 0 Å². The van der Waals surface area contributed by atoms with Crippen molar-refractivity contribution in [2.24, 2.45) is 17.8 Å². The van der Waals surface area contributed by atoms with Crippen LogP contribution in [0.5, 0.6) is 5.75 Å². The minimum absolute atomic E-state index is 0.0173. The molecule has 6 heteroatoms. The zero-order valence-corrected chi connectivity index (χ0v) is 13.2. The molecule has 0 radical (unpaired) electrons. The van der Waals surface area contributed by atoms with E-state index in [0.717, 1.165) is 56.9 Å². The number of halogens is 4. The third-order valence-corrected chi connectivity index (χ3v) is 5.55. The zero-order valence-electron chi connectivity index (χ0n) is 13.2. The largest absolute Gasteiger partial charge is 0.429 e. The molecule has 2 saturated carbocycles. The molecule has 2 aliphatic rings. The smallest absolute Gasteiger partial charge is 0.387 e. The van der Waals surface area contributed by atoms with Crippen LogP contribution in [0.2, 0.25) is 0 Å². The molecule has 0 bridgehead atoms. The van der Waals surface area contributed by atoms with Crippen LogP contribution < -0.4 is 4.74 Å². The van der Waals surface area contributed by atoms with E-state index in [1.165, 1.54) is 0 Å². The molecule has 0 aromatic heterocycles. The van der Waals surface area contributed by atoms with Crippen LogP contribution in [0.25, 0.3) is 0 Å². The first-order chi connectivity index (χ1) is 11.5. The van der Waals surface area contributed by atoms with Crippen molar-refractivity contribution in [1.29, 1.82) is 0 Å². The molecule has 0 heterocycles. The molecule has 2 fully saturated rings. The number of carbonyl (C=O) groups is 1. The highest BCUT2D eigenvalue weighted by Gasteiger charge is 2.36. The summed E-state index contributed by atoms with van der Waals surface area (Å²) < 4.78 is 56.2. The van der Waals surface area contributed by atoms with E-state index >= 15 is 0 Å². The SMILES string of the molecule is O=CC1CCC2CC(c3cc(F)c(OC(F)F)c(F)c3)CCC2C1. The van der Waals surface area contributed by atoms with E-state index in [1.54, 1.807) is 0 Å². The Bertz CT molecular complexity index is 582. The summed E-state index contributed by atoms with van der Waals surface area (Å²) in [6.07, 6.45) is 6.33. The molecule has 3 rings (SSSR count). The third kappa shape index (κ3) is 3.57. The topological polar surface area (TPSA) is 26.3 Å². The van der Waals surface area contributed by atoms with Gasteiger partial charge in [-0.3, -0.25) is 0 Å². The number of hydrogen-bond donors (Lipinski definition) is 0. The number of carbonyl (C=O) groups excluding carboxylic acids is 1. The van der Waals surface area contributed by atoms with E-state index in [-0.39, 0.29) is 11.8 Å². The maximum atomic E-state index is 13.9. The van der Waals surface area contributed by atoms with Gasteiger partial charge in [-0.25, -0.2) is 8.78 Å². The first-order valence-electron chi connectivity index (χ1n) is 8.37. The fourth-order valence-electron chi connectivity index (χ4n) is 4.37. The number of ether oxygens (including phenoxy) is 1. The number of hydrogen-bond acceptors (Lipinski definition) is 2. The fraction of sp³-hybridized carbons (Fsp3) is 0.611. The zero-order chi connectivity index (χ0) is 17.3. The molecular weight excluding hydrogens is 324 g/mol. The van der Waals surface area contributed by atoms with Crippen molar-refractivity contribution >= 4 is 6.29 Å². The van der Waals surface area contributed by atoms with Gasteiger partial charge < -0.3 is 9.53 Å². The fourth-order valence-corrected chi connectivity index (χ4v) is 4.37. The van der Waals surface area contributed by atoms with Crippen molar-refractivity contribution in [3.05, 3.63) is 29.3 Å². The van der Waals surface area contributed by atoms with E-state index in [0.29, 0.717) is 17.4 Å². The van der Waals surface area contributed by atoms with Crippen molar-refractivity contribution < 1.29 is 27.1 Å². The summed E-state index contributed by atoms with van der Waals surface area (Å²) in [4.78, 5) is 11.0. The average molecular weight is 344 g/mol. The van der Waals surface area contributed by atoms with E-state index < -0.39 is 24.0 Å². The summed E-state index contributed by atoms with van der Waals surface area (Å²) in [7, 11) is 0. The second kappa shape index (κ2) is 7.11. The molecule has 24 heavy (non-hydrogen) atoms. The molecule has 0 spiro atoms. The normalized spacial score (nSPS) is 30.0. The van der Waals surface area contributed by atoms with Gasteiger partial charge >= 0.3 is 6.61 Å². The van der Waals surface area contributed by atoms with Crippen molar-refractivity contribution in [2.75, 3.05) is 0 Å². The molecule has 2 nitrogen and oxygen atoms in total. The van der Waals surface area contributed by atoms with Crippen LogP contribution in [0.15, 0.2) is 12.1 Å². The quantitative estimate of drug-likeness (QED) is 0.563. The summed E-state index contributed by atoms with van der Waals surface area (Å²) >= 11 is 0. The van der Waals surface area contributed by atoms with Gasteiger partial charge in [0, 0.05) is 5.92 Å². The van der Waals surface area contributed by atoms with Crippen LogP contribution in [-0.4, -0.2) is 12.9 Å². The summed E-state index contributed by atoms with van der Waals surface area (Å²) in [5.74, 6) is -2.07. The van der Waals surface area contributed by atoms with E-state index in [4.69, 9.17) is 0 Å². The molecule has 0 aliphatic heterocycles.